The Hall–Kier alpha value is -3.25. The Morgan fingerprint density at radius 3 is 3.07 bits per heavy atom. The van der Waals surface area contributed by atoms with Gasteiger partial charge in [-0.3, -0.25) is 0 Å². The van der Waals surface area contributed by atoms with E-state index in [-0.39, 0.29) is 0 Å². The van der Waals surface area contributed by atoms with Crippen LogP contribution >= 0.6 is 0 Å². The van der Waals surface area contributed by atoms with Crippen molar-refractivity contribution in [2.24, 2.45) is 5.92 Å². The summed E-state index contributed by atoms with van der Waals surface area (Å²) in [5.41, 5.74) is 3.39. The zero-order valence-electron chi connectivity index (χ0n) is 15.6. The lowest BCUT2D eigenvalue weighted by Gasteiger charge is -2.40. The molecule has 0 spiro atoms. The second kappa shape index (κ2) is 6.73. The SMILES string of the molecule is Cc1nnc2ccc(N3CC(CNc4nc5c(cc4C#N)COCC5)C3)nn12. The number of nitriles is 1. The molecular formula is C19H20N8O. The molecule has 9 nitrogen and oxygen atoms in total. The van der Waals surface area contributed by atoms with Gasteiger partial charge >= 0.3 is 0 Å². The number of anilines is 2. The molecule has 1 N–H and O–H groups in total. The van der Waals surface area contributed by atoms with Crippen LogP contribution in [-0.2, 0) is 17.8 Å². The first-order valence-electron chi connectivity index (χ1n) is 9.40. The molecule has 3 aromatic heterocycles. The van der Waals surface area contributed by atoms with E-state index in [4.69, 9.17) is 4.74 Å². The largest absolute Gasteiger partial charge is 0.376 e. The summed E-state index contributed by atoms with van der Waals surface area (Å²) >= 11 is 0. The number of rotatable bonds is 4. The number of aryl methyl sites for hydroxylation is 1. The molecule has 0 aliphatic carbocycles. The highest BCUT2D eigenvalue weighted by atomic mass is 16.5. The van der Waals surface area contributed by atoms with Gasteiger partial charge in [0.15, 0.2) is 11.5 Å². The van der Waals surface area contributed by atoms with Crippen molar-refractivity contribution >= 4 is 17.3 Å². The second-order valence-corrected chi connectivity index (χ2v) is 7.27. The maximum Gasteiger partial charge on any atom is 0.178 e. The molecule has 142 valence electrons. The van der Waals surface area contributed by atoms with Crippen LogP contribution < -0.4 is 10.2 Å². The van der Waals surface area contributed by atoms with Gasteiger partial charge in [-0.05, 0) is 25.1 Å². The van der Waals surface area contributed by atoms with Crippen LogP contribution in [0.15, 0.2) is 18.2 Å². The third-order valence-corrected chi connectivity index (χ3v) is 5.30. The summed E-state index contributed by atoms with van der Waals surface area (Å²) in [6.45, 7) is 5.72. The number of fused-ring (bicyclic) bond motifs is 2. The smallest absolute Gasteiger partial charge is 0.178 e. The van der Waals surface area contributed by atoms with Crippen LogP contribution in [0.5, 0.6) is 0 Å². The van der Waals surface area contributed by atoms with Gasteiger partial charge in [-0.15, -0.1) is 15.3 Å². The minimum Gasteiger partial charge on any atom is -0.376 e. The third-order valence-electron chi connectivity index (χ3n) is 5.30. The fourth-order valence-electron chi connectivity index (χ4n) is 3.69. The standard InChI is InChI=1S/C19H20N8O/c1-12-23-24-17-2-3-18(25-27(12)17)26-9-13(10-26)8-21-19-14(7-20)6-15-11-28-5-4-16(15)22-19/h2-3,6,13H,4-5,8-11H2,1H3,(H,21,22). The minimum absolute atomic E-state index is 0.479. The molecule has 3 aromatic rings. The highest BCUT2D eigenvalue weighted by Crippen LogP contribution is 2.25. The maximum absolute atomic E-state index is 9.44. The first kappa shape index (κ1) is 16.9. The van der Waals surface area contributed by atoms with Crippen molar-refractivity contribution in [3.05, 3.63) is 40.8 Å². The van der Waals surface area contributed by atoms with Crippen molar-refractivity contribution in [3.8, 4) is 6.07 Å². The average molecular weight is 376 g/mol. The van der Waals surface area contributed by atoms with Gasteiger partial charge in [-0.1, -0.05) is 0 Å². The molecule has 0 bridgehead atoms. The van der Waals surface area contributed by atoms with E-state index in [1.54, 1.807) is 4.52 Å². The summed E-state index contributed by atoms with van der Waals surface area (Å²) in [6, 6.07) is 8.06. The van der Waals surface area contributed by atoms with Crippen LogP contribution in [0.2, 0.25) is 0 Å². The van der Waals surface area contributed by atoms with Crippen molar-refractivity contribution in [1.29, 1.82) is 5.26 Å². The first-order valence-corrected chi connectivity index (χ1v) is 9.40. The molecule has 28 heavy (non-hydrogen) atoms. The van der Waals surface area contributed by atoms with E-state index in [9.17, 15) is 5.26 Å². The minimum atomic E-state index is 0.479. The van der Waals surface area contributed by atoms with Gasteiger partial charge in [0.1, 0.15) is 17.7 Å². The van der Waals surface area contributed by atoms with Crippen LogP contribution in [0.4, 0.5) is 11.6 Å². The summed E-state index contributed by atoms with van der Waals surface area (Å²) in [4.78, 5) is 6.90. The van der Waals surface area contributed by atoms with Crippen molar-refractivity contribution in [2.45, 2.75) is 20.0 Å². The normalized spacial score (nSPS) is 16.5. The van der Waals surface area contributed by atoms with E-state index >= 15 is 0 Å². The molecule has 0 aromatic carbocycles. The molecule has 2 aliphatic rings. The van der Waals surface area contributed by atoms with E-state index in [1.807, 2.05) is 25.1 Å². The summed E-state index contributed by atoms with van der Waals surface area (Å²) in [6.07, 6.45) is 0.795. The van der Waals surface area contributed by atoms with Gasteiger partial charge in [-0.25, -0.2) is 4.98 Å². The maximum atomic E-state index is 9.44. The molecule has 0 saturated carbocycles. The first-order chi connectivity index (χ1) is 13.7. The Bertz CT molecular complexity index is 1080. The molecule has 5 heterocycles. The van der Waals surface area contributed by atoms with Gasteiger partial charge in [0.25, 0.3) is 0 Å². The number of ether oxygens (including phenoxy) is 1. The van der Waals surface area contributed by atoms with Crippen molar-refractivity contribution in [1.82, 2.24) is 24.8 Å². The summed E-state index contributed by atoms with van der Waals surface area (Å²) in [5.74, 6) is 2.87. The zero-order chi connectivity index (χ0) is 19.1. The lowest BCUT2D eigenvalue weighted by atomic mass is 10.00. The molecule has 9 heteroatoms. The van der Waals surface area contributed by atoms with E-state index < -0.39 is 0 Å². The molecular weight excluding hydrogens is 356 g/mol. The molecule has 0 radical (unpaired) electrons. The number of aromatic nitrogens is 5. The van der Waals surface area contributed by atoms with Crippen molar-refractivity contribution in [2.75, 3.05) is 36.5 Å². The topological polar surface area (TPSA) is 104 Å². The van der Waals surface area contributed by atoms with Crippen LogP contribution in [0.3, 0.4) is 0 Å². The zero-order valence-corrected chi connectivity index (χ0v) is 15.6. The highest BCUT2D eigenvalue weighted by molar-refractivity contribution is 5.55. The van der Waals surface area contributed by atoms with Crippen LogP contribution in [-0.4, -0.2) is 51.0 Å². The van der Waals surface area contributed by atoms with Gasteiger partial charge < -0.3 is 15.0 Å². The highest BCUT2D eigenvalue weighted by Gasteiger charge is 2.28. The second-order valence-electron chi connectivity index (χ2n) is 7.27. The molecule has 1 fully saturated rings. The molecule has 0 amide bonds. The quantitative estimate of drug-likeness (QED) is 0.727. The Morgan fingerprint density at radius 1 is 1.32 bits per heavy atom. The predicted molar refractivity (Wildman–Crippen MR) is 102 cm³/mol. The van der Waals surface area contributed by atoms with Gasteiger partial charge in [0.05, 0.1) is 24.5 Å². The lowest BCUT2D eigenvalue weighted by molar-refractivity contribution is 0.109. The van der Waals surface area contributed by atoms with Gasteiger partial charge in [0, 0.05) is 37.5 Å². The van der Waals surface area contributed by atoms with Crippen molar-refractivity contribution < 1.29 is 4.74 Å². The molecule has 5 rings (SSSR count). The lowest BCUT2D eigenvalue weighted by Crippen LogP contribution is -2.50. The number of nitrogens with zero attached hydrogens (tertiary/aromatic N) is 7. The monoisotopic (exact) mass is 376 g/mol. The van der Waals surface area contributed by atoms with Crippen molar-refractivity contribution in [3.63, 3.8) is 0 Å². The van der Waals surface area contributed by atoms with Crippen LogP contribution in [0.25, 0.3) is 5.65 Å². The predicted octanol–water partition coefficient (Wildman–Crippen LogP) is 1.32. The van der Waals surface area contributed by atoms with E-state index in [0.29, 0.717) is 30.5 Å². The van der Waals surface area contributed by atoms with E-state index in [2.05, 4.69) is 36.6 Å². The van der Waals surface area contributed by atoms with Crippen LogP contribution in [0, 0.1) is 24.2 Å². The molecule has 2 aliphatic heterocycles. The fourth-order valence-corrected chi connectivity index (χ4v) is 3.69. The molecule has 0 unspecified atom stereocenters. The third kappa shape index (κ3) is 2.92. The van der Waals surface area contributed by atoms with Crippen LogP contribution in [0.1, 0.15) is 22.6 Å². The number of nitrogens with one attached hydrogen (secondary N) is 1. The average Bonchev–Trinajstić information content (AvgIpc) is 3.06. The Morgan fingerprint density at radius 2 is 2.21 bits per heavy atom. The molecule has 1 saturated heterocycles. The fraction of sp³-hybridized carbons (Fsp3) is 0.421. The Balaban J connectivity index is 1.23. The number of pyridine rings is 1. The van der Waals surface area contributed by atoms with E-state index in [1.165, 1.54) is 0 Å². The van der Waals surface area contributed by atoms with E-state index in [0.717, 1.165) is 54.6 Å². The summed E-state index contributed by atoms with van der Waals surface area (Å²) in [5, 5.41) is 25.5. The Kier molecular flexibility index (Phi) is 4.06. The number of hydrogen-bond acceptors (Lipinski definition) is 8. The number of hydrogen-bond donors (Lipinski definition) is 1. The molecule has 0 atom stereocenters. The summed E-state index contributed by atoms with van der Waals surface area (Å²) in [7, 11) is 0. The summed E-state index contributed by atoms with van der Waals surface area (Å²) < 4.78 is 7.22. The van der Waals surface area contributed by atoms with Gasteiger partial charge in [-0.2, -0.15) is 9.78 Å². The Labute approximate surface area is 162 Å². The van der Waals surface area contributed by atoms with Gasteiger partial charge in [0.2, 0.25) is 0 Å².